The summed E-state index contributed by atoms with van der Waals surface area (Å²) in [5.41, 5.74) is 0. The third-order valence-electron chi connectivity index (χ3n) is 4.88. The van der Waals surface area contributed by atoms with Crippen molar-refractivity contribution in [3.8, 4) is 0 Å². The summed E-state index contributed by atoms with van der Waals surface area (Å²) < 4.78 is 23.1. The highest BCUT2D eigenvalue weighted by Crippen LogP contribution is 2.27. The highest BCUT2D eigenvalue weighted by atomic mass is 32.2. The maximum atomic E-state index is 12.2. The van der Waals surface area contributed by atoms with Crippen LogP contribution in [0.5, 0.6) is 0 Å². The predicted molar refractivity (Wildman–Crippen MR) is 77.3 cm³/mol. The van der Waals surface area contributed by atoms with Gasteiger partial charge in [-0.3, -0.25) is 9.59 Å². The van der Waals surface area contributed by atoms with E-state index in [1.54, 1.807) is 4.90 Å². The van der Waals surface area contributed by atoms with E-state index < -0.39 is 9.84 Å². The van der Waals surface area contributed by atoms with Crippen LogP contribution in [0.3, 0.4) is 0 Å². The van der Waals surface area contributed by atoms with Crippen LogP contribution in [0.15, 0.2) is 0 Å². The molecule has 2 atom stereocenters. The van der Waals surface area contributed by atoms with E-state index in [-0.39, 0.29) is 47.7 Å². The summed E-state index contributed by atoms with van der Waals surface area (Å²) in [4.78, 5) is 25.9. The van der Waals surface area contributed by atoms with E-state index in [1.807, 2.05) is 0 Å². The fourth-order valence-electron chi connectivity index (χ4n) is 3.67. The molecule has 1 aliphatic carbocycles. The number of rotatable bonds is 3. The minimum atomic E-state index is -3.01. The van der Waals surface area contributed by atoms with Crippen molar-refractivity contribution in [2.75, 3.05) is 18.1 Å². The molecule has 0 spiro atoms. The number of hydrogen-bond donors (Lipinski definition) is 1. The minimum absolute atomic E-state index is 0.0430. The topological polar surface area (TPSA) is 83.6 Å². The third-order valence-corrected chi connectivity index (χ3v) is 6.63. The van der Waals surface area contributed by atoms with Gasteiger partial charge in [-0.05, 0) is 19.3 Å². The van der Waals surface area contributed by atoms with E-state index in [0.29, 0.717) is 13.0 Å². The Morgan fingerprint density at radius 1 is 1.19 bits per heavy atom. The first-order chi connectivity index (χ1) is 9.94. The fraction of sp³-hybridized carbons (Fsp3) is 0.857. The first-order valence-electron chi connectivity index (χ1n) is 7.75. The van der Waals surface area contributed by atoms with Gasteiger partial charge >= 0.3 is 0 Å². The SMILES string of the molecule is O=C(NC1CCCC1)C1CC(=O)N(C2CCS(=O)(=O)C2)C1. The molecule has 118 valence electrons. The van der Waals surface area contributed by atoms with Gasteiger partial charge in [-0.1, -0.05) is 12.8 Å². The molecule has 2 unspecified atom stereocenters. The van der Waals surface area contributed by atoms with Crippen molar-refractivity contribution >= 4 is 21.7 Å². The number of nitrogens with one attached hydrogen (secondary N) is 1. The Labute approximate surface area is 125 Å². The standard InChI is InChI=1S/C14H22N2O4S/c17-13-7-10(14(18)15-11-3-1-2-4-11)8-16(13)12-5-6-21(19,20)9-12/h10-12H,1-9H2,(H,15,18). The molecule has 7 heteroatoms. The van der Waals surface area contributed by atoms with Gasteiger partial charge in [0.05, 0.1) is 17.4 Å². The van der Waals surface area contributed by atoms with E-state index >= 15 is 0 Å². The first kappa shape index (κ1) is 14.8. The second-order valence-corrected chi connectivity index (χ2v) is 8.72. The lowest BCUT2D eigenvalue weighted by Gasteiger charge is -2.23. The monoisotopic (exact) mass is 314 g/mol. The van der Waals surface area contributed by atoms with Crippen LogP contribution in [0.25, 0.3) is 0 Å². The van der Waals surface area contributed by atoms with Crippen molar-refractivity contribution in [2.24, 2.45) is 5.92 Å². The van der Waals surface area contributed by atoms with Gasteiger partial charge in [-0.15, -0.1) is 0 Å². The van der Waals surface area contributed by atoms with Gasteiger partial charge in [0.1, 0.15) is 0 Å². The van der Waals surface area contributed by atoms with Crippen LogP contribution in [0.4, 0.5) is 0 Å². The molecule has 3 fully saturated rings. The van der Waals surface area contributed by atoms with Crippen molar-refractivity contribution < 1.29 is 18.0 Å². The third kappa shape index (κ3) is 3.22. The fourth-order valence-corrected chi connectivity index (χ4v) is 5.40. The molecule has 0 radical (unpaired) electrons. The number of carbonyl (C=O) groups is 2. The summed E-state index contributed by atoms with van der Waals surface area (Å²) in [5.74, 6) is -0.237. The van der Waals surface area contributed by atoms with Gasteiger partial charge < -0.3 is 10.2 Å². The summed E-state index contributed by atoms with van der Waals surface area (Å²) >= 11 is 0. The Morgan fingerprint density at radius 2 is 1.90 bits per heavy atom. The second-order valence-electron chi connectivity index (χ2n) is 6.49. The van der Waals surface area contributed by atoms with Crippen LogP contribution < -0.4 is 5.32 Å². The van der Waals surface area contributed by atoms with Gasteiger partial charge in [-0.25, -0.2) is 8.42 Å². The molecule has 2 saturated heterocycles. The van der Waals surface area contributed by atoms with Crippen LogP contribution >= 0.6 is 0 Å². The number of nitrogens with zero attached hydrogens (tertiary/aromatic N) is 1. The summed E-state index contributed by atoms with van der Waals surface area (Å²) in [6, 6.07) is 0.0280. The molecule has 21 heavy (non-hydrogen) atoms. The summed E-state index contributed by atoms with van der Waals surface area (Å²) in [6.07, 6.45) is 5.08. The molecular weight excluding hydrogens is 292 g/mol. The maximum Gasteiger partial charge on any atom is 0.225 e. The molecule has 2 aliphatic heterocycles. The largest absolute Gasteiger partial charge is 0.353 e. The predicted octanol–water partition coefficient (Wildman–Crippen LogP) is 0.0808. The Morgan fingerprint density at radius 3 is 2.52 bits per heavy atom. The maximum absolute atomic E-state index is 12.2. The number of sulfone groups is 1. The molecule has 0 aromatic carbocycles. The van der Waals surface area contributed by atoms with Crippen LogP contribution in [0, 0.1) is 5.92 Å². The highest BCUT2D eigenvalue weighted by molar-refractivity contribution is 7.91. The van der Waals surface area contributed by atoms with Crippen molar-refractivity contribution in [3.05, 3.63) is 0 Å². The van der Waals surface area contributed by atoms with Crippen LogP contribution in [-0.2, 0) is 19.4 Å². The molecule has 6 nitrogen and oxygen atoms in total. The van der Waals surface area contributed by atoms with Crippen molar-refractivity contribution in [2.45, 2.75) is 50.6 Å². The van der Waals surface area contributed by atoms with Crippen molar-refractivity contribution in [1.82, 2.24) is 10.2 Å². The molecule has 2 amide bonds. The molecule has 1 N–H and O–H groups in total. The van der Waals surface area contributed by atoms with E-state index in [4.69, 9.17) is 0 Å². The van der Waals surface area contributed by atoms with Gasteiger partial charge in [-0.2, -0.15) is 0 Å². The highest BCUT2D eigenvalue weighted by Gasteiger charge is 2.42. The zero-order valence-electron chi connectivity index (χ0n) is 12.1. The number of carbonyl (C=O) groups excluding carboxylic acids is 2. The summed E-state index contributed by atoms with van der Waals surface area (Å²) in [5, 5.41) is 3.03. The van der Waals surface area contributed by atoms with Crippen molar-refractivity contribution in [1.29, 1.82) is 0 Å². The van der Waals surface area contributed by atoms with E-state index in [1.165, 1.54) is 0 Å². The quantitative estimate of drug-likeness (QED) is 0.800. The van der Waals surface area contributed by atoms with Gasteiger partial charge in [0, 0.05) is 25.0 Å². The zero-order valence-corrected chi connectivity index (χ0v) is 12.9. The van der Waals surface area contributed by atoms with Gasteiger partial charge in [0.25, 0.3) is 0 Å². The van der Waals surface area contributed by atoms with Gasteiger partial charge in [0.2, 0.25) is 11.8 Å². The average Bonchev–Trinajstić information content (AvgIpc) is 3.10. The smallest absolute Gasteiger partial charge is 0.225 e. The summed E-state index contributed by atoms with van der Waals surface area (Å²) in [6.45, 7) is 0.373. The Balaban J connectivity index is 1.58. The molecule has 3 aliphatic rings. The number of amides is 2. The molecule has 3 rings (SSSR count). The molecule has 0 aromatic rings. The van der Waals surface area contributed by atoms with E-state index in [0.717, 1.165) is 25.7 Å². The molecular formula is C14H22N2O4S. The molecule has 0 aromatic heterocycles. The van der Waals surface area contributed by atoms with Crippen LogP contribution in [-0.4, -0.2) is 55.3 Å². The Bertz CT molecular complexity index is 539. The number of likely N-dealkylation sites (tertiary alicyclic amines) is 1. The first-order valence-corrected chi connectivity index (χ1v) is 9.57. The average molecular weight is 314 g/mol. The summed E-state index contributed by atoms with van der Waals surface area (Å²) in [7, 11) is -3.01. The Hall–Kier alpha value is -1.11. The lowest BCUT2D eigenvalue weighted by atomic mass is 10.1. The normalized spacial score (nSPS) is 32.8. The lowest BCUT2D eigenvalue weighted by Crippen LogP contribution is -2.40. The zero-order chi connectivity index (χ0) is 15.0. The van der Waals surface area contributed by atoms with Crippen LogP contribution in [0.2, 0.25) is 0 Å². The molecule has 2 heterocycles. The molecule has 0 bridgehead atoms. The number of hydrogen-bond acceptors (Lipinski definition) is 4. The van der Waals surface area contributed by atoms with Gasteiger partial charge in [0.15, 0.2) is 9.84 Å². The molecule has 1 saturated carbocycles. The second kappa shape index (κ2) is 5.59. The van der Waals surface area contributed by atoms with Crippen LogP contribution in [0.1, 0.15) is 38.5 Å². The van der Waals surface area contributed by atoms with E-state index in [2.05, 4.69) is 5.32 Å². The lowest BCUT2D eigenvalue weighted by molar-refractivity contribution is -0.130. The van der Waals surface area contributed by atoms with Crippen molar-refractivity contribution in [3.63, 3.8) is 0 Å². The van der Waals surface area contributed by atoms with E-state index in [9.17, 15) is 18.0 Å². The minimum Gasteiger partial charge on any atom is -0.353 e. The Kier molecular flexibility index (Phi) is 3.94.